The van der Waals surface area contributed by atoms with Crippen molar-refractivity contribution in [1.29, 1.82) is 10.8 Å². The fourth-order valence-corrected chi connectivity index (χ4v) is 9.55. The monoisotopic (exact) mass is 842 g/mol. The van der Waals surface area contributed by atoms with Crippen LogP contribution >= 0.6 is 0 Å². The molecule has 302 valence electrons. The van der Waals surface area contributed by atoms with E-state index >= 15 is 0 Å². The Hall–Kier alpha value is -7.40. The number of benzene rings is 7. The lowest BCUT2D eigenvalue weighted by Gasteiger charge is -2.32. The molecule has 0 aliphatic rings. The average Bonchev–Trinajstić information content (AvgIpc) is 3.20. The first-order valence-corrected chi connectivity index (χ1v) is 20.9. The summed E-state index contributed by atoms with van der Waals surface area (Å²) < 4.78 is 64.6. The molecule has 0 unspecified atom stereocenters. The maximum atomic E-state index is 13.4. The maximum absolute atomic E-state index is 13.4. The fourth-order valence-electron chi connectivity index (χ4n) is 7.26. The van der Waals surface area contributed by atoms with Gasteiger partial charge in [0.05, 0.1) is 0 Å². The molecular formula is C44H34N4O10S2. The Morgan fingerprint density at radius 3 is 1.23 bits per heavy atom. The standard InChI is InChI=1S/C44H34N4O10S2/c1-43(2,25-11-15-27(16-12-25)57-59(53,54)39-9-5-7-31-29(39)19-21-35(47-45)41(31)51)33-23-34(38(50)24-37(33)49)44(3,4)26-13-17-28(18-14-26)58-60(55,56)40-10-6-8-32-30(40)20-22-36(48-46)42(32)52/h5-24H,1-4H3,(H2-2,49,50,51,52). The van der Waals surface area contributed by atoms with Crippen LogP contribution in [0.2, 0.25) is 0 Å². The normalized spacial score (nSPS) is 12.2. The fraction of sp³-hybridized carbons (Fsp3) is 0.136. The van der Waals surface area contributed by atoms with Gasteiger partial charge in [-0.05, 0) is 88.0 Å². The molecule has 0 heterocycles. The van der Waals surface area contributed by atoms with Gasteiger partial charge < -0.3 is 28.8 Å². The molecule has 0 bridgehead atoms. The van der Waals surface area contributed by atoms with Crippen LogP contribution in [0, 0.1) is 10.8 Å². The molecule has 2 N–H and O–H groups in total. The van der Waals surface area contributed by atoms with Crippen molar-refractivity contribution in [2.75, 3.05) is 0 Å². The summed E-state index contributed by atoms with van der Waals surface area (Å²) in [5.74, 6) is -1.71. The van der Waals surface area contributed by atoms with Crippen molar-refractivity contribution >= 4 is 53.2 Å². The lowest BCUT2D eigenvalue weighted by Crippen LogP contribution is -2.23. The van der Waals surface area contributed by atoms with Crippen molar-refractivity contribution in [2.24, 2.45) is 0 Å². The average molecular weight is 843 g/mol. The van der Waals surface area contributed by atoms with Gasteiger partial charge in [0.25, 0.3) is 0 Å². The molecule has 0 aliphatic heterocycles. The van der Waals surface area contributed by atoms with E-state index in [-0.39, 0.29) is 65.7 Å². The third-order valence-electron chi connectivity index (χ3n) is 10.7. The number of phenolic OH excluding ortho intramolecular Hbond substituents is 2. The first-order valence-electron chi connectivity index (χ1n) is 18.1. The highest BCUT2D eigenvalue weighted by molar-refractivity contribution is 7.87. The molecule has 0 spiro atoms. The molecule has 0 aromatic heterocycles. The summed E-state index contributed by atoms with van der Waals surface area (Å²) in [6, 6.07) is 28.7. The molecule has 60 heavy (non-hydrogen) atoms. The Morgan fingerprint density at radius 1 is 0.517 bits per heavy atom. The van der Waals surface area contributed by atoms with Gasteiger partial charge in [-0.3, -0.25) is 0 Å². The van der Waals surface area contributed by atoms with Crippen molar-refractivity contribution in [2.45, 2.75) is 48.3 Å². The molecule has 0 saturated carbocycles. The lowest BCUT2D eigenvalue weighted by molar-refractivity contribution is -0.265. The van der Waals surface area contributed by atoms with Gasteiger partial charge in [0.2, 0.25) is 10.8 Å². The third-order valence-corrected chi connectivity index (χ3v) is 13.3. The zero-order chi connectivity index (χ0) is 43.4. The van der Waals surface area contributed by atoms with E-state index in [1.54, 1.807) is 30.3 Å². The van der Waals surface area contributed by atoms with E-state index in [0.717, 1.165) is 0 Å². The second kappa shape index (κ2) is 14.8. The lowest BCUT2D eigenvalue weighted by atomic mass is 9.72. The van der Waals surface area contributed by atoms with E-state index in [4.69, 9.17) is 19.2 Å². The van der Waals surface area contributed by atoms with Crippen molar-refractivity contribution in [3.05, 3.63) is 154 Å². The molecular weight excluding hydrogens is 809 g/mol. The number of rotatable bonds is 10. The Labute approximate surface area is 344 Å². The minimum absolute atomic E-state index is 0.0189. The van der Waals surface area contributed by atoms with E-state index in [1.165, 1.54) is 91.0 Å². The van der Waals surface area contributed by atoms with Gasteiger partial charge in [-0.25, -0.2) is 0 Å². The highest BCUT2D eigenvalue weighted by atomic mass is 32.2. The highest BCUT2D eigenvalue weighted by Gasteiger charge is 2.33. The van der Waals surface area contributed by atoms with Crippen LogP contribution in [-0.4, -0.2) is 27.0 Å². The van der Waals surface area contributed by atoms with Crippen LogP contribution in [0.4, 0.5) is 11.4 Å². The van der Waals surface area contributed by atoms with Gasteiger partial charge in [-0.1, -0.05) is 76.2 Å². The third kappa shape index (κ3) is 7.08. The summed E-state index contributed by atoms with van der Waals surface area (Å²) in [7, 11) is -8.86. The zero-order valence-electron chi connectivity index (χ0n) is 32.3. The van der Waals surface area contributed by atoms with E-state index in [2.05, 4.69) is 9.95 Å². The number of hydrogen-bond donors (Lipinski definition) is 2. The zero-order valence-corrected chi connectivity index (χ0v) is 33.9. The number of phenols is 2. The smallest absolute Gasteiger partial charge is 0.378 e. The van der Waals surface area contributed by atoms with Crippen LogP contribution in [0.5, 0.6) is 34.5 Å². The molecule has 16 heteroatoms. The SMILES string of the molecule is CC(C)(c1ccc(OS(=O)(=O)c2cccc3c([O-])c([N+]#N)ccc23)cc1)c1cc(C(C)(C)c2ccc(OS(=O)(=O)c3cccc4c([O-])c([N+]#N)ccc34)cc2)c(O)cc1O. The van der Waals surface area contributed by atoms with Gasteiger partial charge in [0.1, 0.15) is 32.8 Å². The van der Waals surface area contributed by atoms with E-state index < -0.39 is 42.6 Å². The second-order valence-corrected chi connectivity index (χ2v) is 18.0. The predicted molar refractivity (Wildman–Crippen MR) is 219 cm³/mol. The van der Waals surface area contributed by atoms with Gasteiger partial charge in [0, 0.05) is 50.9 Å². The molecule has 0 radical (unpaired) electrons. The van der Waals surface area contributed by atoms with Crippen LogP contribution < -0.4 is 18.6 Å². The highest BCUT2D eigenvalue weighted by Crippen LogP contribution is 2.46. The van der Waals surface area contributed by atoms with Crippen LogP contribution in [0.1, 0.15) is 49.9 Å². The summed E-state index contributed by atoms with van der Waals surface area (Å²) in [6.07, 6.45) is 0. The summed E-state index contributed by atoms with van der Waals surface area (Å²) >= 11 is 0. The number of aromatic hydroxyl groups is 2. The Bertz CT molecular complexity index is 2980. The number of hydrogen-bond acceptors (Lipinski definition) is 12. The van der Waals surface area contributed by atoms with Gasteiger partial charge in [-0.15, -0.1) is 0 Å². The summed E-state index contributed by atoms with van der Waals surface area (Å²) in [4.78, 5) is 5.39. The quantitative estimate of drug-likeness (QED) is 0.0973. The molecule has 7 rings (SSSR count). The Kier molecular flexibility index (Phi) is 10.0. The Morgan fingerprint density at radius 2 is 0.883 bits per heavy atom. The Balaban J connectivity index is 1.13. The summed E-state index contributed by atoms with van der Waals surface area (Å²) in [5, 5.41) is 66.0. The molecule has 14 nitrogen and oxygen atoms in total. The number of fused-ring (bicyclic) bond motifs is 2. The van der Waals surface area contributed by atoms with Crippen LogP contribution in [0.3, 0.4) is 0 Å². The molecule has 0 atom stereocenters. The topological polar surface area (TPSA) is 230 Å². The molecule has 0 amide bonds. The molecule has 7 aromatic rings. The molecule has 0 fully saturated rings. The van der Waals surface area contributed by atoms with Crippen LogP contribution in [-0.2, 0) is 31.1 Å². The van der Waals surface area contributed by atoms with Crippen LogP contribution in [0.15, 0.2) is 131 Å². The molecule has 0 aliphatic carbocycles. The van der Waals surface area contributed by atoms with Gasteiger partial charge in [0.15, 0.2) is 9.95 Å². The predicted octanol–water partition coefficient (Wildman–Crippen LogP) is 8.71. The van der Waals surface area contributed by atoms with Crippen molar-refractivity contribution in [3.8, 4) is 34.5 Å². The van der Waals surface area contributed by atoms with E-state index in [9.17, 15) is 37.3 Å². The first kappa shape index (κ1) is 40.8. The van der Waals surface area contributed by atoms with E-state index in [0.29, 0.717) is 22.3 Å². The summed E-state index contributed by atoms with van der Waals surface area (Å²) in [5.41, 5.74) is -0.116. The van der Waals surface area contributed by atoms with Crippen molar-refractivity contribution in [3.63, 3.8) is 0 Å². The molecule has 7 aromatic carbocycles. The minimum Gasteiger partial charge on any atom is -0.867 e. The van der Waals surface area contributed by atoms with Crippen molar-refractivity contribution < 1.29 is 45.6 Å². The first-order chi connectivity index (χ1) is 28.3. The molecule has 0 saturated heterocycles. The minimum atomic E-state index is -4.43. The van der Waals surface area contributed by atoms with Crippen molar-refractivity contribution in [1.82, 2.24) is 0 Å². The maximum Gasteiger partial charge on any atom is 0.378 e. The summed E-state index contributed by atoms with van der Waals surface area (Å²) in [6.45, 7) is 7.36. The van der Waals surface area contributed by atoms with Gasteiger partial charge >= 0.3 is 31.6 Å². The van der Waals surface area contributed by atoms with E-state index in [1.807, 2.05) is 27.7 Å². The number of nitrogens with zero attached hydrogens (tertiary/aromatic N) is 4. The van der Waals surface area contributed by atoms with Crippen LogP contribution in [0.25, 0.3) is 31.5 Å². The van der Waals surface area contributed by atoms with Gasteiger partial charge in [-0.2, -0.15) is 16.8 Å². The number of diazo groups is 2. The largest absolute Gasteiger partial charge is 0.867 e. The second-order valence-electron chi connectivity index (χ2n) is 15.0.